The van der Waals surface area contributed by atoms with Crippen molar-refractivity contribution < 1.29 is 0 Å². The second-order valence-electron chi connectivity index (χ2n) is 6.92. The molecule has 1 aliphatic carbocycles. The maximum Gasteiger partial charge on any atom is 0.194 e. The van der Waals surface area contributed by atoms with Gasteiger partial charge >= 0.3 is 0 Å². The zero-order valence-corrected chi connectivity index (χ0v) is 14.0. The van der Waals surface area contributed by atoms with Crippen molar-refractivity contribution >= 4 is 5.96 Å². The monoisotopic (exact) mass is 303 g/mol. The van der Waals surface area contributed by atoms with Crippen LogP contribution in [0, 0.1) is 12.3 Å². The van der Waals surface area contributed by atoms with Crippen LogP contribution in [0.4, 0.5) is 0 Å². The van der Waals surface area contributed by atoms with Crippen LogP contribution < -0.4 is 5.32 Å². The molecule has 0 radical (unpaired) electrons. The van der Waals surface area contributed by atoms with Crippen molar-refractivity contribution in [3.8, 4) is 0 Å². The Hall–Kier alpha value is -1.52. The minimum absolute atomic E-state index is 0.569. The second-order valence-corrected chi connectivity index (χ2v) is 6.92. The molecule has 0 atom stereocenters. The number of rotatable bonds is 3. The Morgan fingerprint density at radius 2 is 2.18 bits per heavy atom. The molecule has 2 aliphatic rings. The van der Waals surface area contributed by atoms with E-state index in [1.165, 1.54) is 50.6 Å². The Morgan fingerprint density at radius 1 is 1.36 bits per heavy atom. The fourth-order valence-electron chi connectivity index (χ4n) is 3.95. The highest BCUT2D eigenvalue weighted by atomic mass is 15.3. The molecule has 0 bridgehead atoms. The van der Waals surface area contributed by atoms with Gasteiger partial charge in [-0.3, -0.25) is 5.10 Å². The molecule has 1 saturated heterocycles. The van der Waals surface area contributed by atoms with Gasteiger partial charge in [0.2, 0.25) is 0 Å². The van der Waals surface area contributed by atoms with Gasteiger partial charge < -0.3 is 10.2 Å². The first-order valence-corrected chi connectivity index (χ1v) is 8.74. The van der Waals surface area contributed by atoms with Crippen LogP contribution in [0.25, 0.3) is 0 Å². The van der Waals surface area contributed by atoms with Gasteiger partial charge in [0.15, 0.2) is 5.96 Å². The number of aromatic nitrogens is 2. The number of likely N-dealkylation sites (tertiary alicyclic amines) is 1. The molecule has 1 saturated carbocycles. The summed E-state index contributed by atoms with van der Waals surface area (Å²) in [4.78, 5) is 7.32. The first-order valence-electron chi connectivity index (χ1n) is 8.74. The molecule has 1 spiro atoms. The molecule has 2 heterocycles. The average Bonchev–Trinajstić information content (AvgIpc) is 3.12. The molecule has 1 aliphatic heterocycles. The number of nitrogens with zero attached hydrogens (tertiary/aromatic N) is 3. The van der Waals surface area contributed by atoms with Crippen LogP contribution in [0.2, 0.25) is 0 Å². The van der Waals surface area contributed by atoms with E-state index in [0.717, 1.165) is 24.7 Å². The molecule has 122 valence electrons. The van der Waals surface area contributed by atoms with E-state index in [-0.39, 0.29) is 0 Å². The van der Waals surface area contributed by atoms with Gasteiger partial charge in [0.05, 0.1) is 12.7 Å². The van der Waals surface area contributed by atoms with Gasteiger partial charge in [0.1, 0.15) is 0 Å². The van der Waals surface area contributed by atoms with Crippen LogP contribution in [0.3, 0.4) is 0 Å². The van der Waals surface area contributed by atoms with Gasteiger partial charge in [-0.05, 0) is 38.5 Å². The third kappa shape index (κ3) is 3.28. The van der Waals surface area contributed by atoms with E-state index in [4.69, 9.17) is 4.99 Å². The van der Waals surface area contributed by atoms with Crippen LogP contribution in [-0.4, -0.2) is 40.7 Å². The van der Waals surface area contributed by atoms with Gasteiger partial charge in [-0.25, -0.2) is 4.99 Å². The van der Waals surface area contributed by atoms with E-state index in [9.17, 15) is 0 Å². The lowest BCUT2D eigenvalue weighted by Crippen LogP contribution is -2.41. The standard InChI is InChI=1S/C17H29N5/c1-3-18-16(19-11-15-12-20-21-14(15)2)22-10-9-17(13-22)7-5-4-6-8-17/h12H,3-11,13H2,1-2H3,(H,18,19)(H,20,21). The maximum absolute atomic E-state index is 4.85. The summed E-state index contributed by atoms with van der Waals surface area (Å²) in [5, 5.41) is 10.5. The average molecular weight is 303 g/mol. The van der Waals surface area contributed by atoms with Crippen LogP contribution in [0.1, 0.15) is 56.7 Å². The van der Waals surface area contributed by atoms with E-state index < -0.39 is 0 Å². The Bertz CT molecular complexity index is 513. The molecule has 2 fully saturated rings. The topological polar surface area (TPSA) is 56.3 Å². The molecule has 0 amide bonds. The largest absolute Gasteiger partial charge is 0.357 e. The molecular formula is C17H29N5. The number of aromatic amines is 1. The second kappa shape index (κ2) is 6.71. The minimum Gasteiger partial charge on any atom is -0.357 e. The lowest BCUT2D eigenvalue weighted by Gasteiger charge is -2.33. The lowest BCUT2D eigenvalue weighted by atomic mass is 9.73. The van der Waals surface area contributed by atoms with Crippen molar-refractivity contribution in [2.75, 3.05) is 19.6 Å². The smallest absolute Gasteiger partial charge is 0.194 e. The fourth-order valence-corrected chi connectivity index (χ4v) is 3.95. The first-order chi connectivity index (χ1) is 10.7. The van der Waals surface area contributed by atoms with Crippen LogP contribution in [0.5, 0.6) is 0 Å². The fraction of sp³-hybridized carbons (Fsp3) is 0.765. The molecule has 5 nitrogen and oxygen atoms in total. The molecule has 1 aromatic rings. The van der Waals surface area contributed by atoms with E-state index in [2.05, 4.69) is 34.3 Å². The van der Waals surface area contributed by atoms with Crippen molar-refractivity contribution in [3.05, 3.63) is 17.5 Å². The maximum atomic E-state index is 4.85. The van der Waals surface area contributed by atoms with Gasteiger partial charge in [-0.15, -0.1) is 0 Å². The van der Waals surface area contributed by atoms with Crippen molar-refractivity contribution in [2.24, 2.45) is 10.4 Å². The molecule has 22 heavy (non-hydrogen) atoms. The summed E-state index contributed by atoms with van der Waals surface area (Å²) in [6, 6.07) is 0. The predicted octanol–water partition coefficient (Wildman–Crippen LogP) is 2.84. The summed E-state index contributed by atoms with van der Waals surface area (Å²) in [5.41, 5.74) is 2.87. The Kier molecular flexibility index (Phi) is 4.69. The summed E-state index contributed by atoms with van der Waals surface area (Å²) in [6.07, 6.45) is 10.3. The summed E-state index contributed by atoms with van der Waals surface area (Å²) in [7, 11) is 0. The number of hydrogen-bond acceptors (Lipinski definition) is 2. The van der Waals surface area contributed by atoms with Crippen LogP contribution in [0.15, 0.2) is 11.2 Å². The summed E-state index contributed by atoms with van der Waals surface area (Å²) in [6.45, 7) is 8.16. The zero-order chi connectivity index (χ0) is 15.4. The third-order valence-electron chi connectivity index (χ3n) is 5.32. The third-order valence-corrected chi connectivity index (χ3v) is 5.32. The number of hydrogen-bond donors (Lipinski definition) is 2. The number of guanidine groups is 1. The van der Waals surface area contributed by atoms with Crippen molar-refractivity contribution in [2.45, 2.75) is 58.9 Å². The van der Waals surface area contributed by atoms with Gasteiger partial charge in [-0.2, -0.15) is 5.10 Å². The van der Waals surface area contributed by atoms with Crippen LogP contribution in [-0.2, 0) is 6.54 Å². The number of nitrogens with one attached hydrogen (secondary N) is 2. The molecule has 5 heteroatoms. The Labute approximate surface area is 133 Å². The molecule has 1 aromatic heterocycles. The zero-order valence-electron chi connectivity index (χ0n) is 14.0. The quantitative estimate of drug-likeness (QED) is 0.667. The molecule has 0 aromatic carbocycles. The minimum atomic E-state index is 0.569. The van der Waals surface area contributed by atoms with Crippen molar-refractivity contribution in [1.29, 1.82) is 0 Å². The number of H-pyrrole nitrogens is 1. The lowest BCUT2D eigenvalue weighted by molar-refractivity contribution is 0.203. The summed E-state index contributed by atoms with van der Waals surface area (Å²) in [5.74, 6) is 1.07. The molecule has 2 N–H and O–H groups in total. The highest BCUT2D eigenvalue weighted by Crippen LogP contribution is 2.43. The van der Waals surface area contributed by atoms with E-state index >= 15 is 0 Å². The van der Waals surface area contributed by atoms with E-state index in [1.54, 1.807) is 0 Å². The van der Waals surface area contributed by atoms with Gasteiger partial charge in [0.25, 0.3) is 0 Å². The van der Waals surface area contributed by atoms with Crippen molar-refractivity contribution in [1.82, 2.24) is 20.4 Å². The van der Waals surface area contributed by atoms with E-state index in [0.29, 0.717) is 12.0 Å². The molecular weight excluding hydrogens is 274 g/mol. The van der Waals surface area contributed by atoms with E-state index in [1.807, 2.05) is 6.20 Å². The van der Waals surface area contributed by atoms with Gasteiger partial charge in [-0.1, -0.05) is 19.3 Å². The molecule has 0 unspecified atom stereocenters. The summed E-state index contributed by atoms with van der Waals surface area (Å²) >= 11 is 0. The SMILES string of the molecule is CCNC(=NCc1cn[nH]c1C)N1CCC2(CCCCC2)C1. The highest BCUT2D eigenvalue weighted by molar-refractivity contribution is 5.80. The van der Waals surface area contributed by atoms with Crippen molar-refractivity contribution in [3.63, 3.8) is 0 Å². The normalized spacial score (nSPS) is 21.5. The number of aryl methyl sites for hydroxylation is 1. The van der Waals surface area contributed by atoms with Gasteiger partial charge in [0, 0.05) is 30.9 Å². The Morgan fingerprint density at radius 3 is 2.86 bits per heavy atom. The van der Waals surface area contributed by atoms with Crippen LogP contribution >= 0.6 is 0 Å². The summed E-state index contributed by atoms with van der Waals surface area (Å²) < 4.78 is 0. The highest BCUT2D eigenvalue weighted by Gasteiger charge is 2.39. The Balaban J connectivity index is 1.67. The predicted molar refractivity (Wildman–Crippen MR) is 89.8 cm³/mol. The first kappa shape index (κ1) is 15.4. The molecule has 3 rings (SSSR count). The number of aliphatic imine (C=N–C) groups is 1.